The molecule has 0 bridgehead atoms. The predicted molar refractivity (Wildman–Crippen MR) is 98.5 cm³/mol. The summed E-state index contributed by atoms with van der Waals surface area (Å²) >= 11 is 6.32. The molecule has 1 amide bonds. The molecule has 0 spiro atoms. The average molecular weight is 367 g/mol. The Labute approximate surface area is 154 Å². The highest BCUT2D eigenvalue weighted by Crippen LogP contribution is 2.32. The van der Waals surface area contributed by atoms with Gasteiger partial charge in [0, 0.05) is 38.9 Å². The number of benzene rings is 1. The van der Waals surface area contributed by atoms with Gasteiger partial charge in [0.05, 0.1) is 11.6 Å². The van der Waals surface area contributed by atoms with Crippen LogP contribution in [0, 0.1) is 5.92 Å². The first-order valence-electron chi connectivity index (χ1n) is 9.11. The Hall–Kier alpha value is -1.30. The lowest BCUT2D eigenvalue weighted by atomic mass is 10.1. The molecule has 1 aliphatic carbocycles. The van der Waals surface area contributed by atoms with Crippen LogP contribution in [-0.2, 0) is 4.74 Å². The monoisotopic (exact) mass is 366 g/mol. The van der Waals surface area contributed by atoms with Crippen LogP contribution in [0.3, 0.4) is 0 Å². The van der Waals surface area contributed by atoms with Gasteiger partial charge >= 0.3 is 0 Å². The van der Waals surface area contributed by atoms with E-state index >= 15 is 0 Å². The van der Waals surface area contributed by atoms with Gasteiger partial charge in [-0.3, -0.25) is 4.79 Å². The van der Waals surface area contributed by atoms with E-state index in [1.807, 2.05) is 0 Å². The Morgan fingerprint density at radius 3 is 2.68 bits per heavy atom. The van der Waals surface area contributed by atoms with Crippen LogP contribution < -0.4 is 10.1 Å². The van der Waals surface area contributed by atoms with Crippen molar-refractivity contribution in [1.29, 1.82) is 0 Å². The molecule has 5 nitrogen and oxygen atoms in total. The number of hydrogen-bond donors (Lipinski definition) is 1. The van der Waals surface area contributed by atoms with Crippen molar-refractivity contribution in [2.45, 2.75) is 31.8 Å². The van der Waals surface area contributed by atoms with E-state index in [1.165, 1.54) is 19.4 Å². The number of methoxy groups -OCH3 is 1. The molecule has 0 aromatic heterocycles. The molecule has 1 aromatic carbocycles. The van der Waals surface area contributed by atoms with Crippen molar-refractivity contribution in [2.24, 2.45) is 5.92 Å². The molecule has 25 heavy (non-hydrogen) atoms. The number of rotatable bonds is 8. The fourth-order valence-electron chi connectivity index (χ4n) is 3.16. The maximum atomic E-state index is 12.0. The van der Waals surface area contributed by atoms with Crippen molar-refractivity contribution in [1.82, 2.24) is 10.2 Å². The lowest BCUT2D eigenvalue weighted by molar-refractivity contribution is 0.0936. The normalized spacial score (nSPS) is 19.0. The Morgan fingerprint density at radius 2 is 2.04 bits per heavy atom. The summed E-state index contributed by atoms with van der Waals surface area (Å²) in [4.78, 5) is 14.6. The maximum Gasteiger partial charge on any atom is 0.251 e. The molecule has 1 aliphatic heterocycles. The van der Waals surface area contributed by atoms with E-state index in [2.05, 4.69) is 10.2 Å². The van der Waals surface area contributed by atoms with Gasteiger partial charge in [0.15, 0.2) is 0 Å². The average Bonchev–Trinajstić information content (AvgIpc) is 3.42. The van der Waals surface area contributed by atoms with E-state index < -0.39 is 0 Å². The fraction of sp³-hybridized carbons (Fsp3) is 0.632. The van der Waals surface area contributed by atoms with Gasteiger partial charge < -0.3 is 19.7 Å². The van der Waals surface area contributed by atoms with Crippen molar-refractivity contribution in [3.05, 3.63) is 28.8 Å². The van der Waals surface area contributed by atoms with Crippen LogP contribution in [0.25, 0.3) is 0 Å². The summed E-state index contributed by atoms with van der Waals surface area (Å²) in [6.45, 7) is 4.41. The SMILES string of the molecule is COCCNC(=O)c1ccc(OC2CCN(CC3CC3)CC2)c(Cl)c1. The quantitative estimate of drug-likeness (QED) is 0.719. The summed E-state index contributed by atoms with van der Waals surface area (Å²) in [6, 6.07) is 5.22. The number of ether oxygens (including phenoxy) is 2. The Balaban J connectivity index is 1.48. The predicted octanol–water partition coefficient (Wildman–Crippen LogP) is 2.97. The molecule has 3 rings (SSSR count). The molecule has 1 heterocycles. The van der Waals surface area contributed by atoms with Crippen LogP contribution in [0.5, 0.6) is 5.75 Å². The Morgan fingerprint density at radius 1 is 1.28 bits per heavy atom. The van der Waals surface area contributed by atoms with Crippen molar-refractivity contribution in [3.8, 4) is 5.75 Å². The lowest BCUT2D eigenvalue weighted by Gasteiger charge is -2.32. The van der Waals surface area contributed by atoms with E-state index in [0.29, 0.717) is 29.5 Å². The number of hydrogen-bond acceptors (Lipinski definition) is 4. The highest BCUT2D eigenvalue weighted by Gasteiger charge is 2.27. The van der Waals surface area contributed by atoms with Gasteiger partial charge in [0.25, 0.3) is 5.91 Å². The number of nitrogens with one attached hydrogen (secondary N) is 1. The van der Waals surface area contributed by atoms with Crippen LogP contribution in [-0.4, -0.2) is 56.8 Å². The third-order valence-electron chi connectivity index (χ3n) is 4.83. The largest absolute Gasteiger partial charge is 0.489 e. The van der Waals surface area contributed by atoms with Crippen LogP contribution >= 0.6 is 11.6 Å². The van der Waals surface area contributed by atoms with E-state index in [1.54, 1.807) is 25.3 Å². The van der Waals surface area contributed by atoms with Crippen molar-refractivity contribution in [2.75, 3.05) is 39.9 Å². The molecule has 1 N–H and O–H groups in total. The minimum atomic E-state index is -0.154. The molecule has 2 fully saturated rings. The molecule has 1 aromatic rings. The Bertz CT molecular complexity index is 584. The van der Waals surface area contributed by atoms with Gasteiger partial charge in [-0.2, -0.15) is 0 Å². The summed E-state index contributed by atoms with van der Waals surface area (Å²) in [7, 11) is 1.60. The number of carbonyl (C=O) groups is 1. The van der Waals surface area contributed by atoms with Crippen molar-refractivity contribution >= 4 is 17.5 Å². The molecular weight excluding hydrogens is 340 g/mol. The molecule has 1 saturated carbocycles. The van der Waals surface area contributed by atoms with Crippen LogP contribution in [0.2, 0.25) is 5.02 Å². The molecule has 138 valence electrons. The summed E-state index contributed by atoms with van der Waals surface area (Å²) in [5.41, 5.74) is 0.535. The molecular formula is C19H27ClN2O3. The van der Waals surface area contributed by atoms with Gasteiger partial charge in [0.1, 0.15) is 11.9 Å². The number of likely N-dealkylation sites (tertiary alicyclic amines) is 1. The number of nitrogens with zero attached hydrogens (tertiary/aromatic N) is 1. The van der Waals surface area contributed by atoms with Crippen molar-refractivity contribution < 1.29 is 14.3 Å². The van der Waals surface area contributed by atoms with Crippen LogP contribution in [0.15, 0.2) is 18.2 Å². The number of halogens is 1. The first kappa shape index (κ1) is 18.5. The van der Waals surface area contributed by atoms with E-state index in [-0.39, 0.29) is 12.0 Å². The first-order valence-corrected chi connectivity index (χ1v) is 9.49. The van der Waals surface area contributed by atoms with Crippen molar-refractivity contribution in [3.63, 3.8) is 0 Å². The summed E-state index contributed by atoms with van der Waals surface area (Å²) in [5, 5.41) is 3.27. The van der Waals surface area contributed by atoms with Gasteiger partial charge in [-0.25, -0.2) is 0 Å². The topological polar surface area (TPSA) is 50.8 Å². The number of amides is 1. The Kier molecular flexibility index (Phi) is 6.57. The summed E-state index contributed by atoms with van der Waals surface area (Å²) in [6.07, 6.45) is 5.06. The zero-order chi connectivity index (χ0) is 17.6. The standard InChI is InChI=1S/C19H27ClN2O3/c1-24-11-8-21-19(23)15-4-5-18(17(20)12-15)25-16-6-9-22(10-7-16)13-14-2-3-14/h4-5,12,14,16H,2-3,6-11,13H2,1H3,(H,21,23). The lowest BCUT2D eigenvalue weighted by Crippen LogP contribution is -2.39. The second-order valence-corrected chi connectivity index (χ2v) is 7.36. The van der Waals surface area contributed by atoms with E-state index in [4.69, 9.17) is 21.1 Å². The number of carbonyl (C=O) groups excluding carboxylic acids is 1. The molecule has 0 radical (unpaired) electrons. The molecule has 6 heteroatoms. The number of piperidine rings is 1. The van der Waals surface area contributed by atoms with Crippen LogP contribution in [0.4, 0.5) is 0 Å². The minimum absolute atomic E-state index is 0.154. The van der Waals surface area contributed by atoms with Gasteiger partial charge in [-0.1, -0.05) is 11.6 Å². The van der Waals surface area contributed by atoms with Gasteiger partial charge in [-0.05, 0) is 49.8 Å². The first-order chi connectivity index (χ1) is 12.2. The van der Waals surface area contributed by atoms with Crippen LogP contribution in [0.1, 0.15) is 36.0 Å². The molecule has 2 aliphatic rings. The highest BCUT2D eigenvalue weighted by molar-refractivity contribution is 6.32. The minimum Gasteiger partial charge on any atom is -0.489 e. The third-order valence-corrected chi connectivity index (χ3v) is 5.12. The van der Waals surface area contributed by atoms with E-state index in [9.17, 15) is 4.79 Å². The molecule has 0 atom stereocenters. The zero-order valence-electron chi connectivity index (χ0n) is 14.8. The van der Waals surface area contributed by atoms with Gasteiger partial charge in [0.2, 0.25) is 0 Å². The second kappa shape index (κ2) is 8.88. The zero-order valence-corrected chi connectivity index (χ0v) is 15.6. The smallest absolute Gasteiger partial charge is 0.251 e. The second-order valence-electron chi connectivity index (χ2n) is 6.96. The molecule has 0 unspecified atom stereocenters. The fourth-order valence-corrected chi connectivity index (χ4v) is 3.39. The summed E-state index contributed by atoms with van der Waals surface area (Å²) in [5.74, 6) is 1.45. The summed E-state index contributed by atoms with van der Waals surface area (Å²) < 4.78 is 11.0. The van der Waals surface area contributed by atoms with E-state index in [0.717, 1.165) is 31.8 Å². The molecule has 1 saturated heterocycles. The maximum absolute atomic E-state index is 12.0. The van der Waals surface area contributed by atoms with Gasteiger partial charge in [-0.15, -0.1) is 0 Å². The third kappa shape index (κ3) is 5.59. The highest BCUT2D eigenvalue weighted by atomic mass is 35.5.